The third kappa shape index (κ3) is 4.20. The van der Waals surface area contributed by atoms with E-state index in [2.05, 4.69) is 0 Å². The highest BCUT2D eigenvalue weighted by atomic mass is 16.6. The van der Waals surface area contributed by atoms with Crippen molar-refractivity contribution in [1.29, 1.82) is 0 Å². The van der Waals surface area contributed by atoms with Gasteiger partial charge in [0.1, 0.15) is 24.0 Å². The highest BCUT2D eigenvalue weighted by Crippen LogP contribution is 2.25. The van der Waals surface area contributed by atoms with Crippen LogP contribution in [0.3, 0.4) is 0 Å². The van der Waals surface area contributed by atoms with Gasteiger partial charge >= 0.3 is 17.7 Å². The first-order valence-electron chi connectivity index (χ1n) is 9.75. The average molecular weight is 407 g/mol. The van der Waals surface area contributed by atoms with Gasteiger partial charge in [-0.1, -0.05) is 30.3 Å². The Balaban J connectivity index is 1.44. The normalized spacial score (nSPS) is 15.9. The van der Waals surface area contributed by atoms with E-state index in [1.165, 1.54) is 17.0 Å². The third-order valence-corrected chi connectivity index (χ3v) is 5.11. The lowest BCUT2D eigenvalue weighted by atomic mass is 10.1. The lowest BCUT2D eigenvalue weighted by molar-refractivity contribution is -0.139. The summed E-state index contributed by atoms with van der Waals surface area (Å²) >= 11 is 0. The summed E-state index contributed by atoms with van der Waals surface area (Å²) in [7, 11) is 0. The van der Waals surface area contributed by atoms with Gasteiger partial charge < -0.3 is 13.9 Å². The zero-order valence-electron chi connectivity index (χ0n) is 16.5. The summed E-state index contributed by atoms with van der Waals surface area (Å²) in [4.78, 5) is 38.2. The van der Waals surface area contributed by atoms with Crippen LogP contribution < -0.4 is 10.4 Å². The van der Waals surface area contributed by atoms with E-state index < -0.39 is 23.7 Å². The van der Waals surface area contributed by atoms with Gasteiger partial charge in [0, 0.05) is 24.1 Å². The Morgan fingerprint density at radius 2 is 1.93 bits per heavy atom. The molecule has 1 atom stereocenters. The highest BCUT2D eigenvalue weighted by Gasteiger charge is 2.36. The smallest absolute Gasteiger partial charge is 0.410 e. The number of amides is 1. The standard InChI is InChI=1S/C23H21NO6/c1-15-12-21(25)30-20-13-17(9-10-18(15)20)29-22(26)19-8-5-11-24(19)23(27)28-14-16-6-3-2-4-7-16/h2-4,6-7,9-10,12-13,19H,5,8,11,14H2,1H3/t19-/m1/s1. The Labute approximate surface area is 172 Å². The molecule has 154 valence electrons. The van der Waals surface area contributed by atoms with Crippen molar-refractivity contribution in [3.05, 3.63) is 76.1 Å². The Kier molecular flexibility index (Phi) is 5.52. The summed E-state index contributed by atoms with van der Waals surface area (Å²) in [5, 5.41) is 0.765. The van der Waals surface area contributed by atoms with E-state index in [9.17, 15) is 14.4 Å². The molecule has 7 nitrogen and oxygen atoms in total. The quantitative estimate of drug-likeness (QED) is 0.371. The molecule has 1 aliphatic rings. The third-order valence-electron chi connectivity index (χ3n) is 5.11. The maximum atomic E-state index is 12.7. The lowest BCUT2D eigenvalue weighted by Crippen LogP contribution is -2.42. The predicted molar refractivity (Wildman–Crippen MR) is 109 cm³/mol. The number of nitrogens with zero attached hydrogens (tertiary/aromatic N) is 1. The summed E-state index contributed by atoms with van der Waals surface area (Å²) in [6.07, 6.45) is 0.644. The first kappa shape index (κ1) is 19.7. The number of benzene rings is 2. The monoisotopic (exact) mass is 407 g/mol. The number of hydrogen-bond acceptors (Lipinski definition) is 6. The predicted octanol–water partition coefficient (Wildman–Crippen LogP) is 3.81. The molecule has 1 fully saturated rings. The van der Waals surface area contributed by atoms with Gasteiger partial charge in [-0.15, -0.1) is 0 Å². The second kappa shape index (κ2) is 8.41. The van der Waals surface area contributed by atoms with Crippen LogP contribution in [0.4, 0.5) is 4.79 Å². The van der Waals surface area contributed by atoms with Crippen LogP contribution in [0.15, 0.2) is 63.8 Å². The Morgan fingerprint density at radius 1 is 1.13 bits per heavy atom. The molecule has 0 N–H and O–H groups in total. The number of ether oxygens (including phenoxy) is 2. The van der Waals surface area contributed by atoms with E-state index in [0.717, 1.165) is 16.5 Å². The van der Waals surface area contributed by atoms with Gasteiger partial charge in [-0.3, -0.25) is 4.90 Å². The summed E-state index contributed by atoms with van der Waals surface area (Å²) < 4.78 is 16.0. The first-order chi connectivity index (χ1) is 14.5. The zero-order chi connectivity index (χ0) is 21.1. The van der Waals surface area contributed by atoms with Gasteiger partial charge in [-0.2, -0.15) is 0 Å². The van der Waals surface area contributed by atoms with Crippen molar-refractivity contribution >= 4 is 23.0 Å². The second-order valence-electron chi connectivity index (χ2n) is 7.22. The van der Waals surface area contributed by atoms with Gasteiger partial charge in [-0.05, 0) is 43.0 Å². The lowest BCUT2D eigenvalue weighted by Gasteiger charge is -2.22. The Bertz CT molecular complexity index is 1140. The van der Waals surface area contributed by atoms with Crippen LogP contribution in [0.5, 0.6) is 5.75 Å². The Hall–Kier alpha value is -3.61. The number of likely N-dealkylation sites (tertiary alicyclic amines) is 1. The molecule has 2 aromatic carbocycles. The Morgan fingerprint density at radius 3 is 2.73 bits per heavy atom. The van der Waals surface area contributed by atoms with Crippen molar-refractivity contribution in [2.24, 2.45) is 0 Å². The fourth-order valence-electron chi connectivity index (χ4n) is 3.59. The van der Waals surface area contributed by atoms with Crippen molar-refractivity contribution in [3.8, 4) is 5.75 Å². The molecule has 0 bridgehead atoms. The van der Waals surface area contributed by atoms with Crippen molar-refractivity contribution in [1.82, 2.24) is 4.90 Å². The zero-order valence-corrected chi connectivity index (χ0v) is 16.5. The minimum Gasteiger partial charge on any atom is -0.445 e. The summed E-state index contributed by atoms with van der Waals surface area (Å²) in [6.45, 7) is 2.38. The molecule has 0 radical (unpaired) electrons. The van der Waals surface area contributed by atoms with Gasteiger partial charge in [0.05, 0.1) is 0 Å². The SMILES string of the molecule is Cc1cc(=O)oc2cc(OC(=O)[C@H]3CCCN3C(=O)OCc3ccccc3)ccc12. The van der Waals surface area contributed by atoms with Crippen LogP contribution in [-0.4, -0.2) is 29.5 Å². The number of esters is 1. The molecule has 0 unspecified atom stereocenters. The number of fused-ring (bicyclic) bond motifs is 1. The molecule has 1 aromatic heterocycles. The molecular formula is C23H21NO6. The summed E-state index contributed by atoms with van der Waals surface area (Å²) in [6, 6.07) is 14.9. The number of carbonyl (C=O) groups is 2. The van der Waals surface area contributed by atoms with Gasteiger partial charge in [0.15, 0.2) is 0 Å². The fraction of sp³-hybridized carbons (Fsp3) is 0.261. The molecule has 1 aliphatic heterocycles. The van der Waals surface area contributed by atoms with E-state index in [-0.39, 0.29) is 12.4 Å². The number of carbonyl (C=O) groups excluding carboxylic acids is 2. The van der Waals surface area contributed by atoms with Crippen LogP contribution in [0.2, 0.25) is 0 Å². The topological polar surface area (TPSA) is 86.0 Å². The van der Waals surface area contributed by atoms with Gasteiger partial charge in [-0.25, -0.2) is 14.4 Å². The minimum atomic E-state index is -0.714. The van der Waals surface area contributed by atoms with Gasteiger partial charge in [0.2, 0.25) is 0 Å². The molecule has 7 heteroatoms. The molecule has 2 heterocycles. The molecule has 4 rings (SSSR count). The van der Waals surface area contributed by atoms with Crippen LogP contribution >= 0.6 is 0 Å². The fourth-order valence-corrected chi connectivity index (χ4v) is 3.59. The molecule has 3 aromatic rings. The van der Waals surface area contributed by atoms with E-state index >= 15 is 0 Å². The van der Waals surface area contributed by atoms with Crippen LogP contribution in [0, 0.1) is 6.92 Å². The molecule has 0 saturated carbocycles. The van der Waals surface area contributed by atoms with Crippen molar-refractivity contribution in [3.63, 3.8) is 0 Å². The summed E-state index contributed by atoms with van der Waals surface area (Å²) in [5.74, 6) is -0.288. The van der Waals surface area contributed by atoms with Crippen molar-refractivity contribution in [2.75, 3.05) is 6.54 Å². The average Bonchev–Trinajstić information content (AvgIpc) is 3.22. The maximum Gasteiger partial charge on any atom is 0.410 e. The van der Waals surface area contributed by atoms with Crippen LogP contribution in [0.1, 0.15) is 24.0 Å². The van der Waals surface area contributed by atoms with Gasteiger partial charge in [0.25, 0.3) is 0 Å². The summed E-state index contributed by atoms with van der Waals surface area (Å²) in [5.41, 5.74) is 1.53. The van der Waals surface area contributed by atoms with E-state index in [0.29, 0.717) is 25.0 Å². The van der Waals surface area contributed by atoms with Crippen LogP contribution in [-0.2, 0) is 16.1 Å². The van der Waals surface area contributed by atoms with Crippen molar-refractivity contribution in [2.45, 2.75) is 32.4 Å². The van der Waals surface area contributed by atoms with E-state index in [4.69, 9.17) is 13.9 Å². The number of hydrogen-bond donors (Lipinski definition) is 0. The molecule has 0 spiro atoms. The molecule has 1 saturated heterocycles. The number of rotatable bonds is 4. The minimum absolute atomic E-state index is 0.140. The van der Waals surface area contributed by atoms with E-state index in [1.807, 2.05) is 37.3 Å². The number of aryl methyl sites for hydroxylation is 1. The molecule has 0 aliphatic carbocycles. The largest absolute Gasteiger partial charge is 0.445 e. The second-order valence-corrected chi connectivity index (χ2v) is 7.22. The molecule has 30 heavy (non-hydrogen) atoms. The van der Waals surface area contributed by atoms with E-state index in [1.54, 1.807) is 12.1 Å². The highest BCUT2D eigenvalue weighted by molar-refractivity contribution is 5.85. The molecular weight excluding hydrogens is 386 g/mol. The van der Waals surface area contributed by atoms with Crippen LogP contribution in [0.25, 0.3) is 11.0 Å². The first-order valence-corrected chi connectivity index (χ1v) is 9.75. The molecule has 1 amide bonds. The maximum absolute atomic E-state index is 12.7. The van der Waals surface area contributed by atoms with Crippen molar-refractivity contribution < 1.29 is 23.5 Å².